The van der Waals surface area contributed by atoms with E-state index >= 15 is 0 Å². The summed E-state index contributed by atoms with van der Waals surface area (Å²) >= 11 is 0. The normalized spacial score (nSPS) is 10.1. The van der Waals surface area contributed by atoms with Crippen LogP contribution in [0.15, 0.2) is 30.9 Å². The van der Waals surface area contributed by atoms with Gasteiger partial charge in [0.05, 0.1) is 6.61 Å². The summed E-state index contributed by atoms with van der Waals surface area (Å²) in [6, 6.07) is 3.85. The molecular formula is C12H15N5O. The summed E-state index contributed by atoms with van der Waals surface area (Å²) in [5.74, 6) is 0.981. The Hall–Kier alpha value is -2.37. The number of nitrogens with two attached hydrogens (primary N) is 1. The second-order valence-corrected chi connectivity index (χ2v) is 3.58. The third-order valence-electron chi connectivity index (χ3n) is 2.34. The molecule has 0 radical (unpaired) electrons. The van der Waals surface area contributed by atoms with Gasteiger partial charge >= 0.3 is 0 Å². The topological polar surface area (TPSA) is 86.0 Å². The molecule has 0 atom stereocenters. The Labute approximate surface area is 105 Å². The van der Waals surface area contributed by atoms with Crippen molar-refractivity contribution in [2.24, 2.45) is 0 Å². The van der Waals surface area contributed by atoms with Gasteiger partial charge in [0.2, 0.25) is 5.88 Å². The highest BCUT2D eigenvalue weighted by Crippen LogP contribution is 2.24. The summed E-state index contributed by atoms with van der Waals surface area (Å²) in [5.41, 5.74) is 7.43. The van der Waals surface area contributed by atoms with Crippen LogP contribution in [0.5, 0.6) is 5.88 Å². The van der Waals surface area contributed by atoms with Crippen molar-refractivity contribution in [3.05, 3.63) is 36.4 Å². The lowest BCUT2D eigenvalue weighted by molar-refractivity contribution is 0.328. The zero-order valence-electron chi connectivity index (χ0n) is 10.1. The fourth-order valence-electron chi connectivity index (χ4n) is 1.46. The van der Waals surface area contributed by atoms with Gasteiger partial charge in [0, 0.05) is 18.9 Å². The Morgan fingerprint density at radius 3 is 2.78 bits per heavy atom. The lowest BCUT2D eigenvalue weighted by Crippen LogP contribution is -2.07. The first-order valence-corrected chi connectivity index (χ1v) is 5.67. The monoisotopic (exact) mass is 245 g/mol. The summed E-state index contributed by atoms with van der Waals surface area (Å²) in [6.07, 6.45) is 4.91. The molecule has 2 aromatic heterocycles. The molecule has 94 valence electrons. The SMILES string of the molecule is CCOc1ncnc(NCc2ccncc2)c1N. The molecule has 0 fully saturated rings. The van der Waals surface area contributed by atoms with Gasteiger partial charge in [-0.3, -0.25) is 4.98 Å². The molecule has 2 rings (SSSR count). The van der Waals surface area contributed by atoms with Crippen LogP contribution in [0.25, 0.3) is 0 Å². The number of nitrogens with zero attached hydrogens (tertiary/aromatic N) is 3. The van der Waals surface area contributed by atoms with E-state index in [4.69, 9.17) is 10.5 Å². The molecule has 0 aliphatic carbocycles. The van der Waals surface area contributed by atoms with Gasteiger partial charge in [-0.2, -0.15) is 4.98 Å². The van der Waals surface area contributed by atoms with Gasteiger partial charge in [-0.25, -0.2) is 4.98 Å². The van der Waals surface area contributed by atoms with E-state index in [2.05, 4.69) is 20.3 Å². The second kappa shape index (κ2) is 5.81. The average Bonchev–Trinajstić information content (AvgIpc) is 2.41. The number of aromatic nitrogens is 3. The van der Waals surface area contributed by atoms with Gasteiger partial charge in [-0.1, -0.05) is 0 Å². The molecule has 0 amide bonds. The molecule has 18 heavy (non-hydrogen) atoms. The number of hydrogen-bond donors (Lipinski definition) is 2. The Balaban J connectivity index is 2.08. The number of nitrogens with one attached hydrogen (secondary N) is 1. The fourth-order valence-corrected chi connectivity index (χ4v) is 1.46. The summed E-state index contributed by atoms with van der Waals surface area (Å²) in [4.78, 5) is 12.0. The Morgan fingerprint density at radius 2 is 2.06 bits per heavy atom. The van der Waals surface area contributed by atoms with Crippen molar-refractivity contribution in [1.29, 1.82) is 0 Å². The van der Waals surface area contributed by atoms with Gasteiger partial charge in [0.15, 0.2) is 5.82 Å². The summed E-state index contributed by atoms with van der Waals surface area (Å²) in [5, 5.41) is 3.14. The molecule has 0 saturated carbocycles. The third-order valence-corrected chi connectivity index (χ3v) is 2.34. The highest BCUT2D eigenvalue weighted by Gasteiger charge is 2.08. The molecule has 6 nitrogen and oxygen atoms in total. The van der Waals surface area contributed by atoms with Crippen LogP contribution in [0, 0.1) is 0 Å². The van der Waals surface area contributed by atoms with E-state index < -0.39 is 0 Å². The van der Waals surface area contributed by atoms with Gasteiger partial charge in [-0.05, 0) is 24.6 Å². The zero-order valence-corrected chi connectivity index (χ0v) is 10.1. The molecule has 0 unspecified atom stereocenters. The van der Waals surface area contributed by atoms with Crippen LogP contribution in [-0.4, -0.2) is 21.6 Å². The van der Waals surface area contributed by atoms with E-state index in [1.807, 2.05) is 19.1 Å². The summed E-state index contributed by atoms with van der Waals surface area (Å²) in [6.45, 7) is 3.02. The maximum Gasteiger partial charge on any atom is 0.242 e. The highest BCUT2D eigenvalue weighted by molar-refractivity contribution is 5.66. The van der Waals surface area contributed by atoms with Crippen LogP contribution in [-0.2, 0) is 6.54 Å². The first-order valence-electron chi connectivity index (χ1n) is 5.67. The molecule has 0 aliphatic rings. The van der Waals surface area contributed by atoms with Crippen LogP contribution >= 0.6 is 0 Å². The van der Waals surface area contributed by atoms with Crippen molar-refractivity contribution in [3.8, 4) is 5.88 Å². The molecule has 0 bridgehead atoms. The van der Waals surface area contributed by atoms with E-state index in [0.717, 1.165) is 5.56 Å². The molecule has 2 aromatic rings. The predicted octanol–water partition coefficient (Wildman–Crippen LogP) is 1.46. The van der Waals surface area contributed by atoms with Crippen molar-refractivity contribution in [2.45, 2.75) is 13.5 Å². The van der Waals surface area contributed by atoms with Crippen molar-refractivity contribution < 1.29 is 4.74 Å². The molecular weight excluding hydrogens is 230 g/mol. The van der Waals surface area contributed by atoms with Crippen molar-refractivity contribution in [2.75, 3.05) is 17.7 Å². The largest absolute Gasteiger partial charge is 0.476 e. The minimum absolute atomic E-state index is 0.407. The average molecular weight is 245 g/mol. The summed E-state index contributed by atoms with van der Waals surface area (Å²) < 4.78 is 5.30. The molecule has 0 spiro atoms. The van der Waals surface area contributed by atoms with E-state index in [0.29, 0.717) is 30.5 Å². The third kappa shape index (κ3) is 2.85. The first-order chi connectivity index (χ1) is 8.81. The van der Waals surface area contributed by atoms with E-state index in [1.165, 1.54) is 6.33 Å². The summed E-state index contributed by atoms with van der Waals surface area (Å²) in [7, 11) is 0. The van der Waals surface area contributed by atoms with Crippen LogP contribution in [0.1, 0.15) is 12.5 Å². The second-order valence-electron chi connectivity index (χ2n) is 3.58. The number of ether oxygens (including phenoxy) is 1. The Morgan fingerprint density at radius 1 is 1.28 bits per heavy atom. The van der Waals surface area contributed by atoms with Crippen LogP contribution < -0.4 is 15.8 Å². The Kier molecular flexibility index (Phi) is 3.90. The quantitative estimate of drug-likeness (QED) is 0.829. The van der Waals surface area contributed by atoms with Crippen LogP contribution in [0.2, 0.25) is 0 Å². The number of hydrogen-bond acceptors (Lipinski definition) is 6. The fraction of sp³-hybridized carbons (Fsp3) is 0.250. The minimum atomic E-state index is 0.407. The van der Waals surface area contributed by atoms with E-state index in [-0.39, 0.29) is 0 Å². The molecule has 3 N–H and O–H groups in total. The van der Waals surface area contributed by atoms with Crippen LogP contribution in [0.4, 0.5) is 11.5 Å². The number of pyridine rings is 1. The minimum Gasteiger partial charge on any atom is -0.476 e. The zero-order chi connectivity index (χ0) is 12.8. The van der Waals surface area contributed by atoms with E-state index in [9.17, 15) is 0 Å². The lowest BCUT2D eigenvalue weighted by atomic mass is 10.3. The van der Waals surface area contributed by atoms with Gasteiger partial charge < -0.3 is 15.8 Å². The molecule has 0 saturated heterocycles. The van der Waals surface area contributed by atoms with E-state index in [1.54, 1.807) is 12.4 Å². The maximum atomic E-state index is 5.91. The molecule has 6 heteroatoms. The van der Waals surface area contributed by atoms with Crippen molar-refractivity contribution in [1.82, 2.24) is 15.0 Å². The highest BCUT2D eigenvalue weighted by atomic mass is 16.5. The number of anilines is 2. The molecule has 0 aliphatic heterocycles. The standard InChI is InChI=1S/C12H15N5O/c1-2-18-12-10(13)11(16-8-17-12)15-7-9-3-5-14-6-4-9/h3-6,8H,2,7,13H2,1H3,(H,15,16,17). The number of rotatable bonds is 5. The van der Waals surface area contributed by atoms with Gasteiger partial charge in [0.25, 0.3) is 0 Å². The smallest absolute Gasteiger partial charge is 0.242 e. The number of nitrogen functional groups attached to an aromatic ring is 1. The maximum absolute atomic E-state index is 5.91. The van der Waals surface area contributed by atoms with Crippen molar-refractivity contribution in [3.63, 3.8) is 0 Å². The molecule has 2 heterocycles. The van der Waals surface area contributed by atoms with Gasteiger partial charge in [0.1, 0.15) is 12.0 Å². The first kappa shape index (κ1) is 12.1. The Bertz CT molecular complexity index is 503. The van der Waals surface area contributed by atoms with Crippen molar-refractivity contribution >= 4 is 11.5 Å². The van der Waals surface area contributed by atoms with Gasteiger partial charge in [-0.15, -0.1) is 0 Å². The molecule has 0 aromatic carbocycles. The lowest BCUT2D eigenvalue weighted by Gasteiger charge is -2.10. The predicted molar refractivity (Wildman–Crippen MR) is 69.2 cm³/mol. The van der Waals surface area contributed by atoms with Crippen LogP contribution in [0.3, 0.4) is 0 Å².